The molecule has 36 heavy (non-hydrogen) atoms. The second kappa shape index (κ2) is 10.2. The van der Waals surface area contributed by atoms with Gasteiger partial charge in [-0.3, -0.25) is 14.3 Å². The van der Waals surface area contributed by atoms with E-state index in [-0.39, 0.29) is 43.4 Å². The second-order valence-electron chi connectivity index (χ2n) is 8.62. The normalized spacial score (nSPS) is 16.9. The lowest BCUT2D eigenvalue weighted by Crippen LogP contribution is -2.63. The van der Waals surface area contributed by atoms with Crippen LogP contribution in [0.25, 0.3) is 0 Å². The molecule has 1 aromatic heterocycles. The highest BCUT2D eigenvalue weighted by atomic mass is 19.1. The Morgan fingerprint density at radius 3 is 2.42 bits per heavy atom. The minimum atomic E-state index is -1.33. The van der Waals surface area contributed by atoms with Crippen LogP contribution < -0.4 is 10.1 Å². The first kappa shape index (κ1) is 24.9. The van der Waals surface area contributed by atoms with Gasteiger partial charge in [0.05, 0.1) is 20.3 Å². The minimum Gasteiger partial charge on any atom is -0.497 e. The summed E-state index contributed by atoms with van der Waals surface area (Å²) < 4.78 is 24.9. The van der Waals surface area contributed by atoms with Crippen LogP contribution in [0.15, 0.2) is 54.6 Å². The maximum atomic E-state index is 13.6. The summed E-state index contributed by atoms with van der Waals surface area (Å²) in [7, 11) is 1.56. The van der Waals surface area contributed by atoms with Crippen LogP contribution in [0.5, 0.6) is 5.75 Å². The SMILES string of the molecule is CCOC(=O)c1cc2n(n1)C[C@@](C)(C(=O)NCc1ccc(F)cc1)N(Cc1ccc(OC)cc1)C2=O. The molecule has 1 aliphatic heterocycles. The second-order valence-corrected chi connectivity index (χ2v) is 8.62. The van der Waals surface area contributed by atoms with E-state index in [1.54, 1.807) is 45.2 Å². The highest BCUT2D eigenvalue weighted by Crippen LogP contribution is 2.30. The van der Waals surface area contributed by atoms with Crippen molar-refractivity contribution in [3.63, 3.8) is 0 Å². The number of carbonyl (C=O) groups excluding carboxylic acids is 3. The largest absolute Gasteiger partial charge is 0.497 e. The van der Waals surface area contributed by atoms with Gasteiger partial charge in [-0.1, -0.05) is 24.3 Å². The van der Waals surface area contributed by atoms with Crippen molar-refractivity contribution in [2.75, 3.05) is 13.7 Å². The van der Waals surface area contributed by atoms with Gasteiger partial charge in [0.15, 0.2) is 5.69 Å². The van der Waals surface area contributed by atoms with E-state index in [9.17, 15) is 18.8 Å². The van der Waals surface area contributed by atoms with Gasteiger partial charge >= 0.3 is 5.97 Å². The maximum absolute atomic E-state index is 13.6. The number of carbonyl (C=O) groups is 3. The number of amides is 2. The first-order valence-corrected chi connectivity index (χ1v) is 11.5. The first-order valence-electron chi connectivity index (χ1n) is 11.5. The van der Waals surface area contributed by atoms with Crippen LogP contribution in [0.3, 0.4) is 0 Å². The quantitative estimate of drug-likeness (QED) is 0.483. The fourth-order valence-corrected chi connectivity index (χ4v) is 4.08. The third-order valence-electron chi connectivity index (χ3n) is 6.14. The topological polar surface area (TPSA) is 103 Å². The van der Waals surface area contributed by atoms with Crippen LogP contribution in [0, 0.1) is 5.82 Å². The molecule has 9 nitrogen and oxygen atoms in total. The summed E-state index contributed by atoms with van der Waals surface area (Å²) in [6, 6.07) is 14.4. The van der Waals surface area contributed by atoms with E-state index in [1.807, 2.05) is 12.1 Å². The monoisotopic (exact) mass is 494 g/mol. The smallest absolute Gasteiger partial charge is 0.358 e. The van der Waals surface area contributed by atoms with Crippen molar-refractivity contribution in [3.8, 4) is 5.75 Å². The Hall–Kier alpha value is -4.21. The third-order valence-corrected chi connectivity index (χ3v) is 6.14. The van der Waals surface area contributed by atoms with Crippen molar-refractivity contribution >= 4 is 17.8 Å². The first-order chi connectivity index (χ1) is 17.2. The van der Waals surface area contributed by atoms with E-state index in [2.05, 4.69) is 10.4 Å². The minimum absolute atomic E-state index is 0.000526. The lowest BCUT2D eigenvalue weighted by molar-refractivity contribution is -0.133. The number of methoxy groups -OCH3 is 1. The van der Waals surface area contributed by atoms with Gasteiger partial charge in [-0.25, -0.2) is 9.18 Å². The number of aromatic nitrogens is 2. The fourth-order valence-electron chi connectivity index (χ4n) is 4.08. The number of nitrogens with one attached hydrogen (secondary N) is 1. The molecule has 0 aliphatic carbocycles. The predicted molar refractivity (Wildman–Crippen MR) is 128 cm³/mol. The van der Waals surface area contributed by atoms with Gasteiger partial charge in [-0.2, -0.15) is 5.10 Å². The Morgan fingerprint density at radius 1 is 1.11 bits per heavy atom. The van der Waals surface area contributed by atoms with Crippen molar-refractivity contribution in [2.24, 2.45) is 0 Å². The molecule has 188 valence electrons. The molecule has 2 aromatic carbocycles. The Balaban J connectivity index is 1.65. The zero-order valence-corrected chi connectivity index (χ0v) is 20.3. The van der Waals surface area contributed by atoms with E-state index in [1.165, 1.54) is 27.8 Å². The molecule has 0 spiro atoms. The summed E-state index contributed by atoms with van der Waals surface area (Å²) in [6.07, 6.45) is 0. The summed E-state index contributed by atoms with van der Waals surface area (Å²) >= 11 is 0. The van der Waals surface area contributed by atoms with Crippen LogP contribution in [-0.2, 0) is 29.2 Å². The Bertz CT molecular complexity index is 1270. The molecular formula is C26H27FN4O5. The molecule has 0 radical (unpaired) electrons. The number of hydrogen-bond acceptors (Lipinski definition) is 6. The summed E-state index contributed by atoms with van der Waals surface area (Å²) in [5, 5.41) is 7.10. The number of esters is 1. The third kappa shape index (κ3) is 4.93. The fraction of sp³-hybridized carbons (Fsp3) is 0.308. The number of hydrogen-bond donors (Lipinski definition) is 1. The maximum Gasteiger partial charge on any atom is 0.358 e. The summed E-state index contributed by atoms with van der Waals surface area (Å²) in [4.78, 5) is 40.9. The predicted octanol–water partition coefficient (Wildman–Crippen LogP) is 2.94. The summed E-state index contributed by atoms with van der Waals surface area (Å²) in [5.74, 6) is -1.20. The van der Waals surface area contributed by atoms with E-state index < -0.39 is 23.3 Å². The molecule has 0 saturated carbocycles. The molecular weight excluding hydrogens is 467 g/mol. The van der Waals surface area contributed by atoms with Crippen LogP contribution in [-0.4, -0.2) is 51.7 Å². The van der Waals surface area contributed by atoms with Crippen LogP contribution >= 0.6 is 0 Å². The van der Waals surface area contributed by atoms with Crippen molar-refractivity contribution in [1.82, 2.24) is 20.0 Å². The Kier molecular flexibility index (Phi) is 7.05. The van der Waals surface area contributed by atoms with E-state index >= 15 is 0 Å². The molecule has 3 aromatic rings. The number of halogens is 1. The van der Waals surface area contributed by atoms with Crippen molar-refractivity contribution in [1.29, 1.82) is 0 Å². The average molecular weight is 495 g/mol. The number of fused-ring (bicyclic) bond motifs is 1. The van der Waals surface area contributed by atoms with E-state index in [4.69, 9.17) is 9.47 Å². The molecule has 0 fully saturated rings. The van der Waals surface area contributed by atoms with E-state index in [0.29, 0.717) is 11.3 Å². The average Bonchev–Trinajstić information content (AvgIpc) is 3.30. The number of rotatable bonds is 8. The summed E-state index contributed by atoms with van der Waals surface area (Å²) in [5.41, 5.74) is 0.361. The molecule has 1 aliphatic rings. The molecule has 0 bridgehead atoms. The molecule has 10 heteroatoms. The molecule has 4 rings (SSSR count). The van der Waals surface area contributed by atoms with Crippen LogP contribution in [0.4, 0.5) is 4.39 Å². The van der Waals surface area contributed by atoms with Crippen molar-refractivity contribution in [2.45, 2.75) is 39.0 Å². The molecule has 1 N–H and O–H groups in total. The van der Waals surface area contributed by atoms with E-state index in [0.717, 1.165) is 5.56 Å². The molecule has 0 unspecified atom stereocenters. The lowest BCUT2D eigenvalue weighted by atomic mass is 9.94. The Labute approximate surface area is 207 Å². The van der Waals surface area contributed by atoms with Gasteiger partial charge in [0, 0.05) is 19.2 Å². The zero-order valence-electron chi connectivity index (χ0n) is 20.3. The van der Waals surface area contributed by atoms with Crippen LogP contribution in [0.2, 0.25) is 0 Å². The van der Waals surface area contributed by atoms with Gasteiger partial charge in [-0.15, -0.1) is 0 Å². The lowest BCUT2D eigenvalue weighted by Gasteiger charge is -2.43. The zero-order chi connectivity index (χ0) is 25.9. The standard InChI is InChI=1S/C26H27FN4O5/c1-4-36-24(33)21-13-22-23(32)30(15-18-7-11-20(35-3)12-8-18)26(2,16-31(22)29-21)25(34)28-14-17-5-9-19(27)10-6-17/h5-13H,4,14-16H2,1-3H3,(H,28,34)/t26-/m0/s1. The van der Waals surface area contributed by atoms with Gasteiger partial charge in [-0.05, 0) is 49.2 Å². The highest BCUT2D eigenvalue weighted by molar-refractivity contribution is 6.01. The molecule has 2 heterocycles. The van der Waals surface area contributed by atoms with Crippen molar-refractivity contribution in [3.05, 3.63) is 82.9 Å². The number of benzene rings is 2. The molecule has 2 amide bonds. The molecule has 1 atom stereocenters. The Morgan fingerprint density at radius 2 is 1.78 bits per heavy atom. The van der Waals surface area contributed by atoms with Crippen LogP contribution in [0.1, 0.15) is 46.0 Å². The number of ether oxygens (including phenoxy) is 2. The highest BCUT2D eigenvalue weighted by Gasteiger charge is 2.48. The van der Waals surface area contributed by atoms with Gasteiger partial charge in [0.2, 0.25) is 5.91 Å². The van der Waals surface area contributed by atoms with Gasteiger partial charge in [0.25, 0.3) is 5.91 Å². The van der Waals surface area contributed by atoms with Gasteiger partial charge in [0.1, 0.15) is 22.8 Å². The van der Waals surface area contributed by atoms with Crippen molar-refractivity contribution < 1.29 is 28.2 Å². The summed E-state index contributed by atoms with van der Waals surface area (Å²) in [6.45, 7) is 3.82. The number of nitrogens with zero attached hydrogens (tertiary/aromatic N) is 3. The molecule has 0 saturated heterocycles. The van der Waals surface area contributed by atoms with Gasteiger partial charge < -0.3 is 19.7 Å².